The van der Waals surface area contributed by atoms with Gasteiger partial charge in [-0.2, -0.15) is 4.31 Å². The van der Waals surface area contributed by atoms with Crippen molar-refractivity contribution in [2.24, 2.45) is 0 Å². The molecular formula is C10H13BrN2O3S2. The molecule has 1 aromatic heterocycles. The second kappa shape index (κ2) is 4.92. The zero-order chi connectivity index (χ0) is 13.5. The summed E-state index contributed by atoms with van der Waals surface area (Å²) in [6.45, 7) is 4.10. The van der Waals surface area contributed by atoms with E-state index in [9.17, 15) is 13.2 Å². The lowest BCUT2D eigenvalue weighted by atomic mass is 10.2. The van der Waals surface area contributed by atoms with Crippen molar-refractivity contribution in [1.29, 1.82) is 0 Å². The number of hydrogen-bond donors (Lipinski definition) is 1. The highest BCUT2D eigenvalue weighted by atomic mass is 79.9. The highest BCUT2D eigenvalue weighted by Gasteiger charge is 2.36. The Morgan fingerprint density at radius 1 is 1.56 bits per heavy atom. The van der Waals surface area contributed by atoms with Gasteiger partial charge in [0.15, 0.2) is 0 Å². The van der Waals surface area contributed by atoms with Crippen LogP contribution >= 0.6 is 27.3 Å². The maximum atomic E-state index is 12.4. The van der Waals surface area contributed by atoms with Gasteiger partial charge in [-0.1, -0.05) is 0 Å². The smallest absolute Gasteiger partial charge is 0.253 e. The third-order valence-electron chi connectivity index (χ3n) is 2.84. The Bertz CT molecular complexity index is 562. The van der Waals surface area contributed by atoms with Crippen LogP contribution in [-0.4, -0.2) is 37.8 Å². The fourth-order valence-corrected chi connectivity index (χ4v) is 5.71. The molecule has 1 atom stereocenters. The topological polar surface area (TPSA) is 66.5 Å². The van der Waals surface area contributed by atoms with Crippen molar-refractivity contribution in [2.75, 3.05) is 13.1 Å². The average molecular weight is 353 g/mol. The van der Waals surface area contributed by atoms with E-state index in [-0.39, 0.29) is 10.1 Å². The summed E-state index contributed by atoms with van der Waals surface area (Å²) in [5.74, 6) is -0.253. The SMILES string of the molecule is Cc1cc(S(=O)(=O)N2CCNC(=O)C2C)sc1Br. The molecular weight excluding hydrogens is 340 g/mol. The van der Waals surface area contributed by atoms with E-state index >= 15 is 0 Å². The van der Waals surface area contributed by atoms with Gasteiger partial charge in [-0.15, -0.1) is 11.3 Å². The molecule has 0 radical (unpaired) electrons. The summed E-state index contributed by atoms with van der Waals surface area (Å²) in [6.07, 6.45) is 0. The summed E-state index contributed by atoms with van der Waals surface area (Å²) >= 11 is 4.49. The third kappa shape index (κ3) is 2.34. The first-order chi connectivity index (χ1) is 8.34. The van der Waals surface area contributed by atoms with Gasteiger partial charge < -0.3 is 5.32 Å². The molecule has 2 rings (SSSR count). The number of carbonyl (C=O) groups excluding carboxylic acids is 1. The van der Waals surface area contributed by atoms with E-state index in [0.29, 0.717) is 13.1 Å². The van der Waals surface area contributed by atoms with Crippen molar-refractivity contribution in [2.45, 2.75) is 24.1 Å². The van der Waals surface area contributed by atoms with Gasteiger partial charge >= 0.3 is 0 Å². The minimum Gasteiger partial charge on any atom is -0.353 e. The maximum absolute atomic E-state index is 12.4. The maximum Gasteiger partial charge on any atom is 0.253 e. The van der Waals surface area contributed by atoms with Crippen LogP contribution in [0.2, 0.25) is 0 Å². The van der Waals surface area contributed by atoms with Crippen molar-refractivity contribution in [3.63, 3.8) is 0 Å². The quantitative estimate of drug-likeness (QED) is 0.872. The Hall–Kier alpha value is -0.440. The monoisotopic (exact) mass is 352 g/mol. The van der Waals surface area contributed by atoms with E-state index in [4.69, 9.17) is 0 Å². The fourth-order valence-electron chi connectivity index (χ4n) is 1.76. The molecule has 18 heavy (non-hydrogen) atoms. The van der Waals surface area contributed by atoms with Crippen LogP contribution in [0.25, 0.3) is 0 Å². The number of amides is 1. The van der Waals surface area contributed by atoms with Crippen LogP contribution in [0, 0.1) is 6.92 Å². The van der Waals surface area contributed by atoms with Gasteiger partial charge in [0.25, 0.3) is 10.0 Å². The molecule has 0 aliphatic carbocycles. The van der Waals surface area contributed by atoms with E-state index < -0.39 is 16.1 Å². The predicted octanol–water partition coefficient (Wildman–Crippen LogP) is 1.33. The molecule has 1 amide bonds. The highest BCUT2D eigenvalue weighted by molar-refractivity contribution is 9.11. The van der Waals surface area contributed by atoms with Gasteiger partial charge in [0.1, 0.15) is 10.3 Å². The van der Waals surface area contributed by atoms with Gasteiger partial charge in [-0.3, -0.25) is 4.79 Å². The second-order valence-electron chi connectivity index (χ2n) is 4.10. The van der Waals surface area contributed by atoms with Gasteiger partial charge in [0.05, 0.1) is 3.79 Å². The van der Waals surface area contributed by atoms with Gasteiger partial charge in [-0.25, -0.2) is 8.42 Å². The fraction of sp³-hybridized carbons (Fsp3) is 0.500. The molecule has 5 nitrogen and oxygen atoms in total. The zero-order valence-corrected chi connectivity index (χ0v) is 13.2. The predicted molar refractivity (Wildman–Crippen MR) is 73.1 cm³/mol. The Morgan fingerprint density at radius 3 is 2.78 bits per heavy atom. The van der Waals surface area contributed by atoms with Crippen LogP contribution in [0.5, 0.6) is 0 Å². The molecule has 100 valence electrons. The number of hydrogen-bond acceptors (Lipinski definition) is 4. The molecule has 1 aliphatic rings. The zero-order valence-electron chi connectivity index (χ0n) is 9.94. The van der Waals surface area contributed by atoms with Crippen LogP contribution in [0.15, 0.2) is 14.1 Å². The van der Waals surface area contributed by atoms with E-state index in [1.165, 1.54) is 15.6 Å². The van der Waals surface area contributed by atoms with Crippen molar-refractivity contribution >= 4 is 43.2 Å². The number of piperazine rings is 1. The van der Waals surface area contributed by atoms with Crippen molar-refractivity contribution in [3.05, 3.63) is 15.4 Å². The summed E-state index contributed by atoms with van der Waals surface area (Å²) in [5.41, 5.74) is 0.882. The van der Waals surface area contributed by atoms with Crippen molar-refractivity contribution in [1.82, 2.24) is 9.62 Å². The molecule has 0 saturated carbocycles. The number of rotatable bonds is 2. The first-order valence-electron chi connectivity index (χ1n) is 5.39. The highest BCUT2D eigenvalue weighted by Crippen LogP contribution is 2.33. The minimum atomic E-state index is -3.58. The van der Waals surface area contributed by atoms with Crippen LogP contribution < -0.4 is 5.32 Å². The Kier molecular flexibility index (Phi) is 3.82. The number of nitrogens with one attached hydrogen (secondary N) is 1. The lowest BCUT2D eigenvalue weighted by Gasteiger charge is -2.31. The first kappa shape index (κ1) is 14.0. The summed E-state index contributed by atoms with van der Waals surface area (Å²) < 4.78 is 27.2. The molecule has 1 aliphatic heterocycles. The molecule has 1 saturated heterocycles. The van der Waals surface area contributed by atoms with Crippen LogP contribution in [0.1, 0.15) is 12.5 Å². The van der Waals surface area contributed by atoms with E-state index in [1.54, 1.807) is 13.0 Å². The Labute approximate surface area is 118 Å². The number of aryl methyl sites for hydroxylation is 1. The second-order valence-corrected chi connectivity index (χ2v) is 8.59. The molecule has 8 heteroatoms. The molecule has 1 unspecified atom stereocenters. The van der Waals surface area contributed by atoms with Crippen LogP contribution in [-0.2, 0) is 14.8 Å². The molecule has 0 spiro atoms. The standard InChI is InChI=1S/C10H13BrN2O3S2/c1-6-5-8(17-9(6)11)18(15,16)13-4-3-12-10(14)7(13)2/h5,7H,3-4H2,1-2H3,(H,12,14). The molecule has 0 bridgehead atoms. The van der Waals surface area contributed by atoms with Gasteiger partial charge in [-0.05, 0) is 41.4 Å². The number of sulfonamides is 1. The summed E-state index contributed by atoms with van der Waals surface area (Å²) in [4.78, 5) is 11.5. The van der Waals surface area contributed by atoms with Gasteiger partial charge in [0, 0.05) is 13.1 Å². The largest absolute Gasteiger partial charge is 0.353 e. The van der Waals surface area contributed by atoms with Crippen molar-refractivity contribution < 1.29 is 13.2 Å². The number of thiophene rings is 1. The minimum absolute atomic E-state index is 0.253. The summed E-state index contributed by atoms with van der Waals surface area (Å²) in [6, 6.07) is 0.966. The Balaban J connectivity index is 2.39. The van der Waals surface area contributed by atoms with Crippen LogP contribution in [0.3, 0.4) is 0 Å². The van der Waals surface area contributed by atoms with Crippen molar-refractivity contribution in [3.8, 4) is 0 Å². The number of nitrogens with zero attached hydrogens (tertiary/aromatic N) is 1. The van der Waals surface area contributed by atoms with E-state index in [2.05, 4.69) is 21.2 Å². The summed E-state index contributed by atoms with van der Waals surface area (Å²) in [5, 5.41) is 2.65. The number of halogens is 1. The van der Waals surface area contributed by atoms with E-state index in [1.807, 2.05) is 6.92 Å². The lowest BCUT2D eigenvalue weighted by Crippen LogP contribution is -2.55. The molecule has 2 heterocycles. The Morgan fingerprint density at radius 2 is 2.22 bits per heavy atom. The normalized spacial score (nSPS) is 21.9. The lowest BCUT2D eigenvalue weighted by molar-refractivity contribution is -0.126. The van der Waals surface area contributed by atoms with Crippen LogP contribution in [0.4, 0.5) is 0 Å². The molecule has 1 N–H and O–H groups in total. The van der Waals surface area contributed by atoms with E-state index in [0.717, 1.165) is 9.35 Å². The molecule has 1 aromatic rings. The summed E-state index contributed by atoms with van der Waals surface area (Å²) in [7, 11) is -3.58. The molecule has 1 fully saturated rings. The third-order valence-corrected chi connectivity index (χ3v) is 7.40. The molecule has 0 aromatic carbocycles. The average Bonchev–Trinajstić information content (AvgIpc) is 2.63. The van der Waals surface area contributed by atoms with Gasteiger partial charge in [0.2, 0.25) is 5.91 Å². The first-order valence-corrected chi connectivity index (χ1v) is 8.44. The number of carbonyl (C=O) groups is 1.